The molecule has 0 amide bonds. The van der Waals surface area contributed by atoms with Crippen LogP contribution in [0.1, 0.15) is 24.4 Å². The molecule has 1 aromatic carbocycles. The first kappa shape index (κ1) is 16.6. The highest BCUT2D eigenvalue weighted by Gasteiger charge is 2.32. The number of hydrogen-bond donors (Lipinski definition) is 2. The van der Waals surface area contributed by atoms with E-state index in [1.165, 1.54) is 11.5 Å². The molecule has 0 spiro atoms. The number of aliphatic carboxylic acids is 1. The van der Waals surface area contributed by atoms with Crippen molar-refractivity contribution in [2.45, 2.75) is 24.9 Å². The van der Waals surface area contributed by atoms with Crippen molar-refractivity contribution in [2.24, 2.45) is 0 Å². The number of nitrogens with zero attached hydrogens (tertiary/aromatic N) is 2. The molecule has 2 N–H and O–H groups in total. The number of phenols is 1. The number of benzene rings is 1. The van der Waals surface area contributed by atoms with Gasteiger partial charge in [-0.05, 0) is 30.5 Å². The Balaban J connectivity index is 1.64. The molecule has 1 aromatic rings. The fourth-order valence-corrected chi connectivity index (χ4v) is 4.55. The van der Waals surface area contributed by atoms with Crippen molar-refractivity contribution in [3.8, 4) is 5.75 Å². The molecule has 2 saturated heterocycles. The van der Waals surface area contributed by atoms with Crippen molar-refractivity contribution in [2.75, 3.05) is 37.7 Å². The fraction of sp³-hybridized carbons (Fsp3) is 0.588. The predicted octanol–water partition coefficient (Wildman–Crippen LogP) is 2.03. The van der Waals surface area contributed by atoms with Gasteiger partial charge in [-0.2, -0.15) is 11.8 Å². The third-order valence-corrected chi connectivity index (χ3v) is 5.81. The summed E-state index contributed by atoms with van der Waals surface area (Å²) in [6.45, 7) is 3.95. The van der Waals surface area contributed by atoms with Gasteiger partial charge in [0.2, 0.25) is 0 Å². The number of hydrogen-bond acceptors (Lipinski definition) is 5. The van der Waals surface area contributed by atoms with E-state index in [2.05, 4.69) is 9.80 Å². The minimum Gasteiger partial charge on any atom is -0.508 e. The normalized spacial score (nSPS) is 22.8. The van der Waals surface area contributed by atoms with Crippen molar-refractivity contribution in [3.63, 3.8) is 0 Å². The molecule has 6 heteroatoms. The maximum atomic E-state index is 11.7. The first-order valence-electron chi connectivity index (χ1n) is 8.23. The highest BCUT2D eigenvalue weighted by atomic mass is 32.2. The largest absolute Gasteiger partial charge is 0.508 e. The van der Waals surface area contributed by atoms with E-state index in [0.29, 0.717) is 6.04 Å². The van der Waals surface area contributed by atoms with Gasteiger partial charge in [0.1, 0.15) is 11.8 Å². The molecule has 2 fully saturated rings. The molecule has 0 bridgehead atoms. The molecular formula is C17H24N2O3S. The summed E-state index contributed by atoms with van der Waals surface area (Å²) in [6.07, 6.45) is 2.07. The second-order valence-electron chi connectivity index (χ2n) is 6.25. The summed E-state index contributed by atoms with van der Waals surface area (Å²) in [6, 6.07) is 6.52. The van der Waals surface area contributed by atoms with E-state index in [4.69, 9.17) is 0 Å². The van der Waals surface area contributed by atoms with Gasteiger partial charge in [-0.3, -0.25) is 14.6 Å². The highest BCUT2D eigenvalue weighted by Crippen LogP contribution is 2.28. The van der Waals surface area contributed by atoms with E-state index < -0.39 is 12.0 Å². The van der Waals surface area contributed by atoms with E-state index in [9.17, 15) is 15.0 Å². The summed E-state index contributed by atoms with van der Waals surface area (Å²) in [5.74, 6) is 1.78. The number of carbonyl (C=O) groups is 1. The van der Waals surface area contributed by atoms with Crippen LogP contribution in [0.4, 0.5) is 0 Å². The molecule has 5 nitrogen and oxygen atoms in total. The number of rotatable bonds is 4. The lowest BCUT2D eigenvalue weighted by atomic mass is 9.98. The average molecular weight is 336 g/mol. The molecule has 2 aliphatic rings. The standard InChI is InChI=1S/C17H24N2O3S/c20-15-3-1-13(2-4-15)16(17(21)22)19-7-5-14(6-8-19)18-9-11-23-12-10-18/h1-4,14,16,20H,5-12H2,(H,21,22)/t16-/m1/s1. The molecule has 2 heterocycles. The Labute approximate surface area is 141 Å². The van der Waals surface area contributed by atoms with E-state index in [1.807, 2.05) is 11.8 Å². The summed E-state index contributed by atoms with van der Waals surface area (Å²) in [4.78, 5) is 16.4. The Bertz CT molecular complexity index is 523. The lowest BCUT2D eigenvalue weighted by molar-refractivity contribution is -0.144. The van der Waals surface area contributed by atoms with Crippen molar-refractivity contribution in [3.05, 3.63) is 29.8 Å². The zero-order chi connectivity index (χ0) is 16.2. The average Bonchev–Trinajstić information content (AvgIpc) is 2.58. The van der Waals surface area contributed by atoms with E-state index >= 15 is 0 Å². The van der Waals surface area contributed by atoms with Crippen LogP contribution in [0.15, 0.2) is 24.3 Å². The number of carboxylic acid groups (broad SMARTS) is 1. The summed E-state index contributed by atoms with van der Waals surface area (Å²) in [7, 11) is 0. The van der Waals surface area contributed by atoms with Gasteiger partial charge in [0, 0.05) is 43.7 Å². The van der Waals surface area contributed by atoms with Gasteiger partial charge in [-0.15, -0.1) is 0 Å². The first-order chi connectivity index (χ1) is 11.1. The zero-order valence-electron chi connectivity index (χ0n) is 13.2. The van der Waals surface area contributed by atoms with E-state index in [1.54, 1.807) is 24.3 Å². The van der Waals surface area contributed by atoms with Gasteiger partial charge in [0.05, 0.1) is 0 Å². The minimum absolute atomic E-state index is 0.166. The van der Waals surface area contributed by atoms with Gasteiger partial charge in [0.15, 0.2) is 0 Å². The molecule has 0 aromatic heterocycles. The lowest BCUT2D eigenvalue weighted by Gasteiger charge is -2.41. The minimum atomic E-state index is -0.816. The van der Waals surface area contributed by atoms with Crippen LogP contribution in [0.25, 0.3) is 0 Å². The lowest BCUT2D eigenvalue weighted by Crippen LogP contribution is -2.49. The molecular weight excluding hydrogens is 312 g/mol. The van der Waals surface area contributed by atoms with Crippen LogP contribution in [-0.4, -0.2) is 69.7 Å². The fourth-order valence-electron chi connectivity index (χ4n) is 3.62. The van der Waals surface area contributed by atoms with Gasteiger partial charge < -0.3 is 10.2 Å². The van der Waals surface area contributed by atoms with Crippen LogP contribution in [0.5, 0.6) is 5.75 Å². The third kappa shape index (κ3) is 4.00. The van der Waals surface area contributed by atoms with Crippen LogP contribution in [-0.2, 0) is 4.79 Å². The first-order valence-corrected chi connectivity index (χ1v) is 9.38. The Morgan fingerprint density at radius 3 is 2.26 bits per heavy atom. The Hall–Kier alpha value is -1.24. The van der Waals surface area contributed by atoms with Gasteiger partial charge in [-0.25, -0.2) is 0 Å². The van der Waals surface area contributed by atoms with Gasteiger partial charge in [-0.1, -0.05) is 12.1 Å². The highest BCUT2D eigenvalue weighted by molar-refractivity contribution is 7.99. The number of thioether (sulfide) groups is 1. The molecule has 1 atom stereocenters. The molecule has 0 aliphatic carbocycles. The number of phenolic OH excluding ortho intramolecular Hbond substituents is 1. The summed E-state index contributed by atoms with van der Waals surface area (Å²) in [5.41, 5.74) is 0.739. The number of carboxylic acids is 1. The molecule has 23 heavy (non-hydrogen) atoms. The SMILES string of the molecule is O=C(O)[C@@H](c1ccc(O)cc1)N1CCC(N2CCSCC2)CC1. The van der Waals surface area contributed by atoms with Gasteiger partial charge >= 0.3 is 5.97 Å². The van der Waals surface area contributed by atoms with Crippen LogP contribution >= 0.6 is 11.8 Å². The molecule has 126 valence electrons. The van der Waals surface area contributed by atoms with Crippen LogP contribution in [0.3, 0.4) is 0 Å². The molecule has 2 aliphatic heterocycles. The van der Waals surface area contributed by atoms with Crippen LogP contribution in [0.2, 0.25) is 0 Å². The van der Waals surface area contributed by atoms with Crippen molar-refractivity contribution >= 4 is 17.7 Å². The van der Waals surface area contributed by atoms with Crippen molar-refractivity contribution < 1.29 is 15.0 Å². The van der Waals surface area contributed by atoms with Crippen LogP contribution in [0, 0.1) is 0 Å². The van der Waals surface area contributed by atoms with Crippen molar-refractivity contribution in [1.29, 1.82) is 0 Å². The number of aromatic hydroxyl groups is 1. The second-order valence-corrected chi connectivity index (χ2v) is 7.47. The number of likely N-dealkylation sites (tertiary alicyclic amines) is 1. The quantitative estimate of drug-likeness (QED) is 0.877. The third-order valence-electron chi connectivity index (χ3n) is 4.87. The van der Waals surface area contributed by atoms with E-state index in [0.717, 1.165) is 44.6 Å². The molecule has 0 saturated carbocycles. The summed E-state index contributed by atoms with van der Waals surface area (Å²) >= 11 is 2.02. The molecule has 0 radical (unpaired) electrons. The van der Waals surface area contributed by atoms with Crippen LogP contribution < -0.4 is 0 Å². The maximum absolute atomic E-state index is 11.7. The van der Waals surface area contributed by atoms with E-state index in [-0.39, 0.29) is 5.75 Å². The Morgan fingerprint density at radius 1 is 1.09 bits per heavy atom. The molecule has 0 unspecified atom stereocenters. The zero-order valence-corrected chi connectivity index (χ0v) is 14.0. The summed E-state index contributed by atoms with van der Waals surface area (Å²) in [5, 5.41) is 19.0. The monoisotopic (exact) mass is 336 g/mol. The second kappa shape index (κ2) is 7.55. The topological polar surface area (TPSA) is 64.0 Å². The predicted molar refractivity (Wildman–Crippen MR) is 92.0 cm³/mol. The van der Waals surface area contributed by atoms with Crippen molar-refractivity contribution in [1.82, 2.24) is 9.80 Å². The van der Waals surface area contributed by atoms with Gasteiger partial charge in [0.25, 0.3) is 0 Å². The Morgan fingerprint density at radius 2 is 1.70 bits per heavy atom. The maximum Gasteiger partial charge on any atom is 0.325 e. The smallest absolute Gasteiger partial charge is 0.325 e. The molecule has 3 rings (SSSR count). The Kier molecular flexibility index (Phi) is 5.46. The number of piperidine rings is 1. The summed E-state index contributed by atoms with van der Waals surface area (Å²) < 4.78 is 0.